The number of hydrogen-bond donors (Lipinski definition) is 0. The van der Waals surface area contributed by atoms with Gasteiger partial charge >= 0.3 is 5.97 Å². The number of benzene rings is 3. The van der Waals surface area contributed by atoms with Gasteiger partial charge in [-0.1, -0.05) is 49.7 Å². The molecule has 0 aliphatic heterocycles. The molecule has 1 aliphatic rings. The van der Waals surface area contributed by atoms with Crippen LogP contribution in [0.25, 0.3) is 17.2 Å². The molecule has 5 heteroatoms. The molecule has 0 bridgehead atoms. The smallest absolute Gasteiger partial charge is 0.343 e. The molecule has 0 fully saturated rings. The van der Waals surface area contributed by atoms with E-state index in [1.165, 1.54) is 11.6 Å². The Morgan fingerprint density at radius 1 is 0.903 bits per heavy atom. The zero-order valence-electron chi connectivity index (χ0n) is 17.1. The number of fused-ring (bicyclic) bond motifs is 1. The van der Waals surface area contributed by atoms with Crippen LogP contribution in [0.3, 0.4) is 0 Å². The Hall–Kier alpha value is -3.34. The van der Waals surface area contributed by atoms with Crippen molar-refractivity contribution in [3.05, 3.63) is 100 Å². The summed E-state index contributed by atoms with van der Waals surface area (Å²) in [5, 5.41) is 0. The summed E-state index contributed by atoms with van der Waals surface area (Å²) in [6.07, 6.45) is 3.88. The zero-order valence-corrected chi connectivity index (χ0v) is 17.1. The van der Waals surface area contributed by atoms with E-state index in [4.69, 9.17) is 4.74 Å². The minimum atomic E-state index is -1.48. The second-order valence-electron chi connectivity index (χ2n) is 7.58. The third-order valence-corrected chi connectivity index (χ3v) is 5.41. The van der Waals surface area contributed by atoms with E-state index in [2.05, 4.69) is 31.2 Å². The van der Waals surface area contributed by atoms with Crippen LogP contribution in [-0.4, -0.2) is 5.97 Å². The molecule has 0 heterocycles. The van der Waals surface area contributed by atoms with Crippen molar-refractivity contribution >= 4 is 12.0 Å². The molecule has 0 N–H and O–H groups in total. The van der Waals surface area contributed by atoms with Crippen molar-refractivity contribution in [1.82, 2.24) is 0 Å². The lowest BCUT2D eigenvalue weighted by molar-refractivity contribution is 0.0617. The Morgan fingerprint density at radius 2 is 1.55 bits per heavy atom. The third-order valence-electron chi connectivity index (χ3n) is 5.41. The van der Waals surface area contributed by atoms with Crippen molar-refractivity contribution in [1.29, 1.82) is 0 Å². The van der Waals surface area contributed by atoms with E-state index in [0.717, 1.165) is 30.0 Å². The Labute approximate surface area is 179 Å². The van der Waals surface area contributed by atoms with Gasteiger partial charge in [-0.15, -0.1) is 0 Å². The summed E-state index contributed by atoms with van der Waals surface area (Å²) in [6, 6.07) is 16.3. The number of allylic oxidation sites excluding steroid dienone is 1. The second-order valence-corrected chi connectivity index (χ2v) is 7.58. The Balaban J connectivity index is 1.48. The predicted octanol–water partition coefficient (Wildman–Crippen LogP) is 6.87. The summed E-state index contributed by atoms with van der Waals surface area (Å²) in [5.74, 6) is -4.19. The van der Waals surface area contributed by atoms with Crippen molar-refractivity contribution in [3.8, 4) is 11.1 Å². The van der Waals surface area contributed by atoms with Gasteiger partial charge in [0.2, 0.25) is 0 Å². The predicted molar refractivity (Wildman–Crippen MR) is 114 cm³/mol. The monoisotopic (exact) mass is 422 g/mol. The molecule has 0 amide bonds. The first-order chi connectivity index (χ1) is 15.0. The molecule has 0 atom stereocenters. The van der Waals surface area contributed by atoms with Crippen LogP contribution in [0.4, 0.5) is 13.2 Å². The molecule has 0 aromatic heterocycles. The largest absolute Gasteiger partial charge is 0.427 e. The molecule has 31 heavy (non-hydrogen) atoms. The average molecular weight is 422 g/mol. The number of esters is 1. The average Bonchev–Trinajstić information content (AvgIpc) is 2.78. The molecule has 158 valence electrons. The van der Waals surface area contributed by atoms with Crippen molar-refractivity contribution in [2.24, 2.45) is 0 Å². The number of aryl methyl sites for hydroxylation is 1. The fraction of sp³-hybridized carbons (Fsp3) is 0.192. The van der Waals surface area contributed by atoms with Gasteiger partial charge in [-0.05, 0) is 64.9 Å². The summed E-state index contributed by atoms with van der Waals surface area (Å²) in [7, 11) is 0. The van der Waals surface area contributed by atoms with E-state index < -0.39 is 23.4 Å². The molecular formula is C26H21F3O2. The standard InChI is InChI=1S/C26H21F3O2/c1-2-3-16-4-6-17(7-5-16)18-8-10-19(11-9-18)26(30)31-21-12-13-22-20(14-21)15-23(27)25(29)24(22)28/h4-11,14-15H,2-3,12-13H2,1H3. The van der Waals surface area contributed by atoms with E-state index in [1.807, 2.05) is 12.1 Å². The van der Waals surface area contributed by atoms with Crippen LogP contribution in [0.15, 0.2) is 60.4 Å². The molecule has 0 spiro atoms. The molecule has 3 aromatic rings. The number of rotatable bonds is 5. The molecule has 2 nitrogen and oxygen atoms in total. The Morgan fingerprint density at radius 3 is 2.19 bits per heavy atom. The maximum absolute atomic E-state index is 13.9. The molecule has 0 saturated carbocycles. The van der Waals surface area contributed by atoms with Gasteiger partial charge in [-0.3, -0.25) is 0 Å². The molecule has 4 rings (SSSR count). The van der Waals surface area contributed by atoms with Gasteiger partial charge in [0.05, 0.1) is 5.56 Å². The zero-order chi connectivity index (χ0) is 22.0. The van der Waals surface area contributed by atoms with Crippen LogP contribution >= 0.6 is 0 Å². The lowest BCUT2D eigenvalue weighted by atomic mass is 9.95. The van der Waals surface area contributed by atoms with Crippen LogP contribution in [0.1, 0.15) is 46.8 Å². The van der Waals surface area contributed by atoms with E-state index in [1.54, 1.807) is 12.1 Å². The third kappa shape index (κ3) is 4.41. The van der Waals surface area contributed by atoms with Gasteiger partial charge in [-0.25, -0.2) is 18.0 Å². The number of carbonyl (C=O) groups is 1. The quantitative estimate of drug-likeness (QED) is 0.331. The fourth-order valence-corrected chi connectivity index (χ4v) is 3.74. The normalized spacial score (nSPS) is 12.8. The highest BCUT2D eigenvalue weighted by Crippen LogP contribution is 2.30. The van der Waals surface area contributed by atoms with Crippen LogP contribution in [0.2, 0.25) is 0 Å². The summed E-state index contributed by atoms with van der Waals surface area (Å²) in [5.41, 5.74) is 3.98. The molecular weight excluding hydrogens is 401 g/mol. The maximum Gasteiger partial charge on any atom is 0.343 e. The number of halogens is 3. The minimum absolute atomic E-state index is 0.0907. The topological polar surface area (TPSA) is 26.3 Å². The highest BCUT2D eigenvalue weighted by atomic mass is 19.2. The van der Waals surface area contributed by atoms with E-state index in [0.29, 0.717) is 11.3 Å². The highest BCUT2D eigenvalue weighted by molar-refractivity contribution is 5.91. The van der Waals surface area contributed by atoms with Gasteiger partial charge in [0.15, 0.2) is 17.5 Å². The van der Waals surface area contributed by atoms with Crippen molar-refractivity contribution in [2.75, 3.05) is 0 Å². The molecule has 0 radical (unpaired) electrons. The molecule has 3 aromatic carbocycles. The lowest BCUT2D eigenvalue weighted by Crippen LogP contribution is -2.11. The van der Waals surface area contributed by atoms with Crippen LogP contribution in [-0.2, 0) is 17.6 Å². The van der Waals surface area contributed by atoms with Crippen LogP contribution in [0.5, 0.6) is 0 Å². The number of hydrogen-bond acceptors (Lipinski definition) is 2. The number of carbonyl (C=O) groups excluding carboxylic acids is 1. The van der Waals surface area contributed by atoms with Gasteiger partial charge in [0.25, 0.3) is 0 Å². The van der Waals surface area contributed by atoms with Gasteiger partial charge in [0.1, 0.15) is 5.76 Å². The maximum atomic E-state index is 13.9. The SMILES string of the molecule is CCCc1ccc(-c2ccc(C(=O)OC3=Cc4cc(F)c(F)c(F)c4CC3)cc2)cc1. The van der Waals surface area contributed by atoms with Crippen molar-refractivity contribution in [2.45, 2.75) is 32.6 Å². The first kappa shape index (κ1) is 20.9. The first-order valence-electron chi connectivity index (χ1n) is 10.2. The molecule has 1 aliphatic carbocycles. The molecule has 0 unspecified atom stereocenters. The summed E-state index contributed by atoms with van der Waals surface area (Å²) >= 11 is 0. The van der Waals surface area contributed by atoms with Crippen LogP contribution in [0, 0.1) is 17.5 Å². The fourth-order valence-electron chi connectivity index (χ4n) is 3.74. The van der Waals surface area contributed by atoms with E-state index in [9.17, 15) is 18.0 Å². The van der Waals surface area contributed by atoms with E-state index in [-0.39, 0.29) is 24.0 Å². The van der Waals surface area contributed by atoms with Crippen molar-refractivity contribution < 1.29 is 22.7 Å². The Bertz CT molecular complexity index is 1150. The summed E-state index contributed by atoms with van der Waals surface area (Å²) in [6.45, 7) is 2.14. The number of ether oxygens (including phenoxy) is 1. The highest BCUT2D eigenvalue weighted by Gasteiger charge is 2.23. The second kappa shape index (κ2) is 8.80. The lowest BCUT2D eigenvalue weighted by Gasteiger charge is -2.17. The van der Waals surface area contributed by atoms with E-state index >= 15 is 0 Å². The molecule has 0 saturated heterocycles. The summed E-state index contributed by atoms with van der Waals surface area (Å²) in [4.78, 5) is 12.5. The van der Waals surface area contributed by atoms with Crippen LogP contribution < -0.4 is 0 Å². The first-order valence-corrected chi connectivity index (χ1v) is 10.2. The minimum Gasteiger partial charge on any atom is -0.427 e. The van der Waals surface area contributed by atoms with Gasteiger partial charge in [-0.2, -0.15) is 0 Å². The summed E-state index contributed by atoms with van der Waals surface area (Å²) < 4.78 is 46.2. The van der Waals surface area contributed by atoms with Gasteiger partial charge in [0, 0.05) is 6.42 Å². The Kier molecular flexibility index (Phi) is 5.94. The van der Waals surface area contributed by atoms with Gasteiger partial charge < -0.3 is 4.74 Å². The van der Waals surface area contributed by atoms with Crippen molar-refractivity contribution in [3.63, 3.8) is 0 Å².